The molecule has 0 atom stereocenters. The first-order valence-corrected chi connectivity index (χ1v) is 7.31. The number of hydrogen-bond donors (Lipinski definition) is 0. The standard InChI is InChI=1S/C15H10BrClN2O/c16-11-5-12(9-18-8-11)20-15-14-4-2-1-3-13(14)10(6-17)7-19-15/h1-5,7-9H,6H2. The second-order valence-electron chi connectivity index (χ2n) is 4.21. The number of benzene rings is 1. The number of hydrogen-bond acceptors (Lipinski definition) is 3. The Morgan fingerprint density at radius 1 is 1.10 bits per heavy atom. The van der Waals surface area contributed by atoms with Crippen LogP contribution in [0.3, 0.4) is 0 Å². The minimum absolute atomic E-state index is 0.423. The lowest BCUT2D eigenvalue weighted by atomic mass is 10.1. The molecule has 1 aromatic carbocycles. The second kappa shape index (κ2) is 5.77. The summed E-state index contributed by atoms with van der Waals surface area (Å²) < 4.78 is 6.68. The molecule has 0 aliphatic rings. The Morgan fingerprint density at radius 2 is 1.90 bits per heavy atom. The van der Waals surface area contributed by atoms with Crippen LogP contribution in [0, 0.1) is 0 Å². The zero-order chi connectivity index (χ0) is 13.9. The quantitative estimate of drug-likeness (QED) is 0.629. The predicted octanol–water partition coefficient (Wildman–Crippen LogP) is 4.92. The van der Waals surface area contributed by atoms with Crippen molar-refractivity contribution in [3.63, 3.8) is 0 Å². The summed E-state index contributed by atoms with van der Waals surface area (Å²) in [5.74, 6) is 1.61. The summed E-state index contributed by atoms with van der Waals surface area (Å²) in [5, 5.41) is 1.99. The highest BCUT2D eigenvalue weighted by atomic mass is 79.9. The van der Waals surface area contributed by atoms with E-state index in [9.17, 15) is 0 Å². The normalized spacial score (nSPS) is 10.7. The Labute approximate surface area is 129 Å². The van der Waals surface area contributed by atoms with Gasteiger partial charge in [0.2, 0.25) is 5.88 Å². The zero-order valence-corrected chi connectivity index (χ0v) is 12.7. The number of pyridine rings is 2. The van der Waals surface area contributed by atoms with E-state index in [1.54, 1.807) is 18.6 Å². The molecule has 0 amide bonds. The summed E-state index contributed by atoms with van der Waals surface area (Å²) in [7, 11) is 0. The van der Waals surface area contributed by atoms with Crippen LogP contribution in [0.15, 0.2) is 53.4 Å². The van der Waals surface area contributed by atoms with Crippen molar-refractivity contribution >= 4 is 38.3 Å². The second-order valence-corrected chi connectivity index (χ2v) is 5.39. The van der Waals surface area contributed by atoms with Gasteiger partial charge in [-0.3, -0.25) is 4.98 Å². The maximum atomic E-state index is 5.94. The average molecular weight is 350 g/mol. The van der Waals surface area contributed by atoms with Crippen molar-refractivity contribution in [3.05, 3.63) is 59.0 Å². The van der Waals surface area contributed by atoms with Gasteiger partial charge in [-0.1, -0.05) is 18.2 Å². The van der Waals surface area contributed by atoms with Crippen molar-refractivity contribution in [2.75, 3.05) is 0 Å². The molecule has 3 nitrogen and oxygen atoms in total. The zero-order valence-electron chi connectivity index (χ0n) is 10.4. The molecule has 0 N–H and O–H groups in total. The van der Waals surface area contributed by atoms with Gasteiger partial charge in [-0.05, 0) is 39.0 Å². The van der Waals surface area contributed by atoms with Crippen LogP contribution in [-0.4, -0.2) is 9.97 Å². The highest BCUT2D eigenvalue weighted by Gasteiger charge is 2.09. The first kappa shape index (κ1) is 13.3. The van der Waals surface area contributed by atoms with Crippen LogP contribution in [0.2, 0.25) is 0 Å². The molecule has 0 aliphatic carbocycles. The van der Waals surface area contributed by atoms with Crippen LogP contribution in [0.4, 0.5) is 0 Å². The lowest BCUT2D eigenvalue weighted by Gasteiger charge is -2.10. The molecule has 0 spiro atoms. The van der Waals surface area contributed by atoms with E-state index in [1.807, 2.05) is 30.3 Å². The number of fused-ring (bicyclic) bond motifs is 1. The van der Waals surface area contributed by atoms with Gasteiger partial charge in [0.15, 0.2) is 0 Å². The van der Waals surface area contributed by atoms with Crippen LogP contribution in [-0.2, 0) is 5.88 Å². The molecule has 0 bridgehead atoms. The van der Waals surface area contributed by atoms with Gasteiger partial charge in [0, 0.05) is 28.1 Å². The molecule has 2 heterocycles. The van der Waals surface area contributed by atoms with Crippen LogP contribution < -0.4 is 4.74 Å². The van der Waals surface area contributed by atoms with Crippen LogP contribution in [0.1, 0.15) is 5.56 Å². The summed E-state index contributed by atoms with van der Waals surface area (Å²) in [6.07, 6.45) is 5.10. The van der Waals surface area contributed by atoms with E-state index in [2.05, 4.69) is 25.9 Å². The van der Waals surface area contributed by atoms with E-state index in [0.29, 0.717) is 17.5 Å². The fourth-order valence-electron chi connectivity index (χ4n) is 1.97. The van der Waals surface area contributed by atoms with E-state index < -0.39 is 0 Å². The summed E-state index contributed by atoms with van der Waals surface area (Å²) in [5.41, 5.74) is 0.988. The third-order valence-corrected chi connectivity index (χ3v) is 3.60. The lowest BCUT2D eigenvalue weighted by molar-refractivity contribution is 0.466. The first-order valence-electron chi connectivity index (χ1n) is 5.99. The molecular formula is C15H10BrClN2O. The van der Waals surface area contributed by atoms with Gasteiger partial charge in [0.25, 0.3) is 0 Å². The van der Waals surface area contributed by atoms with Gasteiger partial charge < -0.3 is 4.74 Å². The van der Waals surface area contributed by atoms with Crippen molar-refractivity contribution in [2.24, 2.45) is 0 Å². The summed E-state index contributed by atoms with van der Waals surface area (Å²) in [4.78, 5) is 8.43. The summed E-state index contributed by atoms with van der Waals surface area (Å²) in [6, 6.07) is 9.76. The largest absolute Gasteiger partial charge is 0.437 e. The predicted molar refractivity (Wildman–Crippen MR) is 83.3 cm³/mol. The Hall–Kier alpha value is -1.65. The lowest BCUT2D eigenvalue weighted by Crippen LogP contribution is -1.93. The number of halogens is 2. The third kappa shape index (κ3) is 2.62. The maximum Gasteiger partial charge on any atom is 0.227 e. The number of aromatic nitrogens is 2. The number of alkyl halides is 1. The number of ether oxygens (including phenoxy) is 1. The molecule has 5 heteroatoms. The van der Waals surface area contributed by atoms with Crippen LogP contribution in [0.5, 0.6) is 11.6 Å². The molecule has 20 heavy (non-hydrogen) atoms. The Bertz CT molecular complexity index is 764. The molecule has 0 fully saturated rings. The SMILES string of the molecule is ClCc1cnc(Oc2cncc(Br)c2)c2ccccc12. The van der Waals surface area contributed by atoms with Gasteiger partial charge in [0.1, 0.15) is 5.75 Å². The molecular weight excluding hydrogens is 340 g/mol. The van der Waals surface area contributed by atoms with Gasteiger partial charge >= 0.3 is 0 Å². The van der Waals surface area contributed by atoms with Crippen molar-refractivity contribution in [3.8, 4) is 11.6 Å². The third-order valence-electron chi connectivity index (χ3n) is 2.88. The highest BCUT2D eigenvalue weighted by Crippen LogP contribution is 2.30. The molecule has 3 rings (SSSR count). The van der Waals surface area contributed by atoms with Crippen molar-refractivity contribution < 1.29 is 4.74 Å². The van der Waals surface area contributed by atoms with Gasteiger partial charge in [-0.15, -0.1) is 11.6 Å². The molecule has 2 aromatic heterocycles. The number of rotatable bonds is 3. The van der Waals surface area contributed by atoms with Crippen LogP contribution in [0.25, 0.3) is 10.8 Å². The van der Waals surface area contributed by atoms with Crippen LogP contribution >= 0.6 is 27.5 Å². The smallest absolute Gasteiger partial charge is 0.227 e. The summed E-state index contributed by atoms with van der Waals surface area (Å²) in [6.45, 7) is 0. The van der Waals surface area contributed by atoms with E-state index in [-0.39, 0.29) is 0 Å². The van der Waals surface area contributed by atoms with Gasteiger partial charge in [0.05, 0.1) is 6.20 Å². The molecule has 100 valence electrons. The fourth-order valence-corrected chi connectivity index (χ4v) is 2.53. The van der Waals surface area contributed by atoms with E-state index in [0.717, 1.165) is 20.8 Å². The minimum atomic E-state index is 0.423. The molecule has 0 aliphatic heterocycles. The highest BCUT2D eigenvalue weighted by molar-refractivity contribution is 9.10. The molecule has 0 saturated heterocycles. The Balaban J connectivity index is 2.08. The van der Waals surface area contributed by atoms with E-state index >= 15 is 0 Å². The van der Waals surface area contributed by atoms with Gasteiger partial charge in [-0.2, -0.15) is 0 Å². The first-order chi connectivity index (χ1) is 9.78. The maximum absolute atomic E-state index is 5.94. The molecule has 0 unspecified atom stereocenters. The topological polar surface area (TPSA) is 35.0 Å². The van der Waals surface area contributed by atoms with Crippen molar-refractivity contribution in [1.82, 2.24) is 9.97 Å². The Kier molecular flexibility index (Phi) is 3.85. The van der Waals surface area contributed by atoms with Crippen molar-refractivity contribution in [1.29, 1.82) is 0 Å². The molecule has 3 aromatic rings. The van der Waals surface area contributed by atoms with E-state index in [4.69, 9.17) is 16.3 Å². The van der Waals surface area contributed by atoms with Gasteiger partial charge in [-0.25, -0.2) is 4.98 Å². The fraction of sp³-hybridized carbons (Fsp3) is 0.0667. The number of nitrogens with zero attached hydrogens (tertiary/aromatic N) is 2. The molecule has 0 radical (unpaired) electrons. The van der Waals surface area contributed by atoms with E-state index in [1.165, 1.54) is 0 Å². The Morgan fingerprint density at radius 3 is 2.65 bits per heavy atom. The van der Waals surface area contributed by atoms with Crippen molar-refractivity contribution in [2.45, 2.75) is 5.88 Å². The average Bonchev–Trinajstić information content (AvgIpc) is 2.48. The summed E-state index contributed by atoms with van der Waals surface area (Å²) >= 11 is 9.31. The minimum Gasteiger partial charge on any atom is -0.437 e. The monoisotopic (exact) mass is 348 g/mol. The molecule has 0 saturated carbocycles.